The van der Waals surface area contributed by atoms with Crippen molar-refractivity contribution in [2.45, 2.75) is 272 Å². The van der Waals surface area contributed by atoms with Crippen molar-refractivity contribution in [2.24, 2.45) is 11.8 Å². The van der Waals surface area contributed by atoms with E-state index >= 15 is 0 Å². The van der Waals surface area contributed by atoms with Gasteiger partial charge < -0.3 is 14.2 Å². The SMILES string of the molecule is CCCCCCCCCCCCC(=O)OC[C@H](COC(=O)CCCCCCCCC(C)C)OC(=O)CCCCCCCCCCCCCCCCC(C)CC. The van der Waals surface area contributed by atoms with Crippen LogP contribution in [0, 0.1) is 11.8 Å². The lowest BCUT2D eigenvalue weighted by Crippen LogP contribution is -2.30. The van der Waals surface area contributed by atoms with Crippen LogP contribution in [-0.2, 0) is 28.6 Å². The van der Waals surface area contributed by atoms with Gasteiger partial charge in [-0.15, -0.1) is 0 Å². The Bertz CT molecular complexity index is 841. The van der Waals surface area contributed by atoms with Crippen molar-refractivity contribution in [1.82, 2.24) is 0 Å². The molecule has 0 spiro atoms. The van der Waals surface area contributed by atoms with Crippen molar-refractivity contribution in [3.8, 4) is 0 Å². The Hall–Kier alpha value is -1.59. The van der Waals surface area contributed by atoms with Crippen LogP contribution in [0.3, 0.4) is 0 Å². The first kappa shape index (κ1) is 53.4. The molecule has 0 fully saturated rings. The third-order valence-corrected chi connectivity index (χ3v) is 11.3. The highest BCUT2D eigenvalue weighted by molar-refractivity contribution is 5.71. The molecular weight excluding hydrogens is 685 g/mol. The summed E-state index contributed by atoms with van der Waals surface area (Å²) in [7, 11) is 0. The molecule has 0 saturated carbocycles. The van der Waals surface area contributed by atoms with Crippen LogP contribution in [0.5, 0.6) is 0 Å². The Kier molecular flexibility index (Phi) is 40.8. The molecule has 0 aromatic carbocycles. The van der Waals surface area contributed by atoms with Crippen LogP contribution in [-0.4, -0.2) is 37.2 Å². The highest BCUT2D eigenvalue weighted by Crippen LogP contribution is 2.17. The van der Waals surface area contributed by atoms with Crippen LogP contribution in [0.2, 0.25) is 0 Å². The molecule has 0 rings (SSSR count). The van der Waals surface area contributed by atoms with E-state index in [9.17, 15) is 14.4 Å². The number of hydrogen-bond acceptors (Lipinski definition) is 6. The van der Waals surface area contributed by atoms with Crippen LogP contribution in [0.25, 0.3) is 0 Å². The molecule has 0 N–H and O–H groups in total. The second-order valence-electron chi connectivity index (χ2n) is 17.5. The Labute approximate surface area is 342 Å². The van der Waals surface area contributed by atoms with Crippen molar-refractivity contribution in [1.29, 1.82) is 0 Å². The van der Waals surface area contributed by atoms with E-state index in [1.807, 2.05) is 0 Å². The number of carbonyl (C=O) groups excluding carboxylic acids is 3. The molecule has 1 unspecified atom stereocenters. The minimum absolute atomic E-state index is 0.0651. The van der Waals surface area contributed by atoms with Crippen LogP contribution >= 0.6 is 0 Å². The second kappa shape index (κ2) is 42.0. The van der Waals surface area contributed by atoms with Crippen molar-refractivity contribution in [3.63, 3.8) is 0 Å². The predicted molar refractivity (Wildman–Crippen MR) is 233 cm³/mol. The number of ether oxygens (including phenoxy) is 3. The van der Waals surface area contributed by atoms with Crippen LogP contribution in [0.1, 0.15) is 266 Å². The average molecular weight is 779 g/mol. The summed E-state index contributed by atoms with van der Waals surface area (Å²) in [5.74, 6) is 0.799. The van der Waals surface area contributed by atoms with Crippen LogP contribution in [0.15, 0.2) is 0 Å². The van der Waals surface area contributed by atoms with E-state index in [0.717, 1.165) is 69.6 Å². The molecule has 326 valence electrons. The molecule has 0 bridgehead atoms. The molecule has 6 nitrogen and oxygen atoms in total. The van der Waals surface area contributed by atoms with Gasteiger partial charge in [-0.1, -0.05) is 227 Å². The molecule has 0 heterocycles. The van der Waals surface area contributed by atoms with Gasteiger partial charge in [-0.25, -0.2) is 0 Å². The van der Waals surface area contributed by atoms with Gasteiger partial charge in [0, 0.05) is 19.3 Å². The quantitative estimate of drug-likeness (QED) is 0.0348. The molecule has 0 aliphatic carbocycles. The first-order valence-electron chi connectivity index (χ1n) is 24.3. The largest absolute Gasteiger partial charge is 0.462 e. The molecule has 55 heavy (non-hydrogen) atoms. The van der Waals surface area contributed by atoms with E-state index in [0.29, 0.717) is 19.3 Å². The van der Waals surface area contributed by atoms with Crippen molar-refractivity contribution in [2.75, 3.05) is 13.2 Å². The van der Waals surface area contributed by atoms with Gasteiger partial charge >= 0.3 is 17.9 Å². The summed E-state index contributed by atoms with van der Waals surface area (Å²) < 4.78 is 16.7. The van der Waals surface area contributed by atoms with Gasteiger partial charge in [-0.3, -0.25) is 14.4 Å². The van der Waals surface area contributed by atoms with E-state index in [1.54, 1.807) is 0 Å². The van der Waals surface area contributed by atoms with Crippen molar-refractivity contribution in [3.05, 3.63) is 0 Å². The number of esters is 3. The number of hydrogen-bond donors (Lipinski definition) is 0. The molecule has 0 radical (unpaired) electrons. The zero-order valence-electron chi connectivity index (χ0n) is 37.6. The van der Waals surface area contributed by atoms with E-state index in [2.05, 4.69) is 34.6 Å². The normalized spacial score (nSPS) is 12.5. The van der Waals surface area contributed by atoms with Crippen molar-refractivity contribution >= 4 is 17.9 Å². The number of unbranched alkanes of at least 4 members (excludes halogenated alkanes) is 27. The molecule has 2 atom stereocenters. The minimum atomic E-state index is -0.760. The third kappa shape index (κ3) is 41.9. The standard InChI is InChI=1S/C49H94O6/c1-6-8-9-10-11-12-20-23-29-34-39-47(50)53-42-46(43-54-48(51)40-35-30-26-25-27-32-37-44(3)4)55-49(52)41-36-31-24-21-18-16-14-13-15-17-19-22-28-33-38-45(5)7-2/h44-46H,6-43H2,1-5H3/t45?,46-/m1/s1. The van der Waals surface area contributed by atoms with Gasteiger partial charge in [-0.05, 0) is 31.1 Å². The summed E-state index contributed by atoms with van der Waals surface area (Å²) in [4.78, 5) is 37.7. The fourth-order valence-electron chi connectivity index (χ4n) is 7.25. The maximum Gasteiger partial charge on any atom is 0.306 e. The zero-order valence-corrected chi connectivity index (χ0v) is 37.6. The average Bonchev–Trinajstić information content (AvgIpc) is 3.17. The maximum atomic E-state index is 12.7. The summed E-state index contributed by atoms with van der Waals surface area (Å²) in [6, 6.07) is 0. The lowest BCUT2D eigenvalue weighted by molar-refractivity contribution is -0.167. The number of rotatable bonds is 43. The molecule has 6 heteroatoms. The molecule has 0 aliphatic heterocycles. The van der Waals surface area contributed by atoms with Gasteiger partial charge in [0.1, 0.15) is 13.2 Å². The Balaban J connectivity index is 4.25. The first-order chi connectivity index (χ1) is 26.8. The third-order valence-electron chi connectivity index (χ3n) is 11.3. The minimum Gasteiger partial charge on any atom is -0.462 e. The molecule has 0 amide bonds. The van der Waals surface area contributed by atoms with Gasteiger partial charge in [0.15, 0.2) is 6.10 Å². The fraction of sp³-hybridized carbons (Fsp3) is 0.939. The monoisotopic (exact) mass is 779 g/mol. The van der Waals surface area contributed by atoms with E-state index < -0.39 is 6.10 Å². The van der Waals surface area contributed by atoms with E-state index in [4.69, 9.17) is 14.2 Å². The summed E-state index contributed by atoms with van der Waals surface area (Å²) in [5, 5.41) is 0. The highest BCUT2D eigenvalue weighted by Gasteiger charge is 2.19. The van der Waals surface area contributed by atoms with E-state index in [-0.39, 0.29) is 31.1 Å². The summed E-state index contributed by atoms with van der Waals surface area (Å²) in [6.45, 7) is 11.3. The number of carbonyl (C=O) groups is 3. The lowest BCUT2D eigenvalue weighted by Gasteiger charge is -2.18. The lowest BCUT2D eigenvalue weighted by atomic mass is 9.99. The van der Waals surface area contributed by atoms with Crippen LogP contribution in [0.4, 0.5) is 0 Å². The second-order valence-corrected chi connectivity index (χ2v) is 17.5. The smallest absolute Gasteiger partial charge is 0.306 e. The van der Waals surface area contributed by atoms with Crippen LogP contribution < -0.4 is 0 Å². The molecule has 0 aliphatic rings. The molecule has 0 aromatic rings. The van der Waals surface area contributed by atoms with E-state index in [1.165, 1.54) is 154 Å². The zero-order chi connectivity index (χ0) is 40.5. The van der Waals surface area contributed by atoms with Gasteiger partial charge in [0.05, 0.1) is 0 Å². The molecular formula is C49H94O6. The Morgan fingerprint density at radius 1 is 0.382 bits per heavy atom. The molecule has 0 saturated heterocycles. The Morgan fingerprint density at radius 3 is 1.04 bits per heavy atom. The summed E-state index contributed by atoms with van der Waals surface area (Å²) in [6.07, 6.45) is 41.0. The highest BCUT2D eigenvalue weighted by atomic mass is 16.6. The predicted octanol–water partition coefficient (Wildman–Crippen LogP) is 15.4. The Morgan fingerprint density at radius 2 is 0.691 bits per heavy atom. The van der Waals surface area contributed by atoms with Gasteiger partial charge in [0.25, 0.3) is 0 Å². The fourth-order valence-corrected chi connectivity index (χ4v) is 7.25. The topological polar surface area (TPSA) is 78.9 Å². The molecule has 0 aromatic heterocycles. The first-order valence-corrected chi connectivity index (χ1v) is 24.3. The maximum absolute atomic E-state index is 12.7. The van der Waals surface area contributed by atoms with Crippen molar-refractivity contribution < 1.29 is 28.6 Å². The summed E-state index contributed by atoms with van der Waals surface area (Å²) >= 11 is 0. The summed E-state index contributed by atoms with van der Waals surface area (Å²) in [5.41, 5.74) is 0. The van der Waals surface area contributed by atoms with Gasteiger partial charge in [0.2, 0.25) is 0 Å². The van der Waals surface area contributed by atoms with Gasteiger partial charge in [-0.2, -0.15) is 0 Å².